The van der Waals surface area contributed by atoms with Gasteiger partial charge < -0.3 is 14.2 Å². The van der Waals surface area contributed by atoms with E-state index in [1.54, 1.807) is 6.20 Å². The molecule has 2 heterocycles. The first-order valence-corrected chi connectivity index (χ1v) is 7.28. The Morgan fingerprint density at radius 1 is 1.47 bits per heavy atom. The number of rotatable bonds is 7. The molecule has 19 heavy (non-hydrogen) atoms. The van der Waals surface area contributed by atoms with Crippen LogP contribution >= 0.6 is 11.8 Å². The van der Waals surface area contributed by atoms with Gasteiger partial charge in [-0.25, -0.2) is 4.98 Å². The van der Waals surface area contributed by atoms with E-state index in [1.807, 2.05) is 11.6 Å². The summed E-state index contributed by atoms with van der Waals surface area (Å²) >= 11 is 1.52. The Labute approximate surface area is 116 Å². The van der Waals surface area contributed by atoms with E-state index in [-0.39, 0.29) is 6.61 Å². The highest BCUT2D eigenvalue weighted by Gasteiger charge is 2.10. The van der Waals surface area contributed by atoms with Crippen molar-refractivity contribution in [2.75, 3.05) is 0 Å². The van der Waals surface area contributed by atoms with E-state index < -0.39 is 0 Å². The van der Waals surface area contributed by atoms with E-state index in [2.05, 4.69) is 22.0 Å². The smallest absolute Gasteiger partial charge is 0.237 e. The molecule has 2 aromatic heterocycles. The molecule has 0 aliphatic carbocycles. The van der Waals surface area contributed by atoms with Crippen molar-refractivity contribution in [2.24, 2.45) is 7.05 Å². The number of unbranched alkanes of at least 4 members (excludes halogenated alkanes) is 1. The lowest BCUT2D eigenvalue weighted by Crippen LogP contribution is -1.97. The fourth-order valence-electron chi connectivity index (χ4n) is 1.62. The standard InChI is InChI=1S/C12H18N4O2S/c1-3-4-5-10-14-11(18-15-10)8-19-12-13-6-9(7-17)16(12)2/h6,17H,3-5,7-8H2,1-2H3. The van der Waals surface area contributed by atoms with Crippen LogP contribution in [0.3, 0.4) is 0 Å². The Morgan fingerprint density at radius 3 is 3.00 bits per heavy atom. The summed E-state index contributed by atoms with van der Waals surface area (Å²) in [6, 6.07) is 0. The topological polar surface area (TPSA) is 77.0 Å². The van der Waals surface area contributed by atoms with Crippen LogP contribution in [0.5, 0.6) is 0 Å². The lowest BCUT2D eigenvalue weighted by atomic mass is 10.2. The second kappa shape index (κ2) is 6.72. The maximum absolute atomic E-state index is 9.09. The zero-order valence-corrected chi connectivity index (χ0v) is 12.0. The van der Waals surface area contributed by atoms with Gasteiger partial charge in [0.2, 0.25) is 5.89 Å². The normalized spacial score (nSPS) is 11.1. The highest BCUT2D eigenvalue weighted by Crippen LogP contribution is 2.21. The van der Waals surface area contributed by atoms with Crippen molar-refractivity contribution in [1.29, 1.82) is 0 Å². The number of aliphatic hydroxyl groups excluding tert-OH is 1. The van der Waals surface area contributed by atoms with Crippen LogP contribution in [0, 0.1) is 0 Å². The molecule has 1 N–H and O–H groups in total. The summed E-state index contributed by atoms with van der Waals surface area (Å²) in [4.78, 5) is 8.57. The Hall–Kier alpha value is -1.34. The van der Waals surface area contributed by atoms with Crippen molar-refractivity contribution in [3.8, 4) is 0 Å². The zero-order chi connectivity index (χ0) is 13.7. The van der Waals surface area contributed by atoms with Crippen molar-refractivity contribution in [1.82, 2.24) is 19.7 Å². The average molecular weight is 282 g/mol. The molecular formula is C12H18N4O2S. The summed E-state index contributed by atoms with van der Waals surface area (Å²) in [6.45, 7) is 2.13. The third kappa shape index (κ3) is 3.57. The molecular weight excluding hydrogens is 264 g/mol. The van der Waals surface area contributed by atoms with E-state index in [0.29, 0.717) is 11.6 Å². The maximum atomic E-state index is 9.09. The van der Waals surface area contributed by atoms with Gasteiger partial charge in [-0.05, 0) is 6.42 Å². The van der Waals surface area contributed by atoms with Gasteiger partial charge in [-0.3, -0.25) is 0 Å². The van der Waals surface area contributed by atoms with Gasteiger partial charge in [-0.1, -0.05) is 30.3 Å². The number of aryl methyl sites for hydroxylation is 1. The minimum atomic E-state index is -0.00815. The molecule has 0 aliphatic heterocycles. The van der Waals surface area contributed by atoms with Gasteiger partial charge in [0.15, 0.2) is 11.0 Å². The highest BCUT2D eigenvalue weighted by atomic mass is 32.2. The van der Waals surface area contributed by atoms with Crippen LogP contribution in [0.15, 0.2) is 15.9 Å². The number of hydrogen-bond donors (Lipinski definition) is 1. The molecule has 104 valence electrons. The van der Waals surface area contributed by atoms with E-state index in [9.17, 15) is 0 Å². The SMILES string of the molecule is CCCCc1noc(CSc2ncc(CO)n2C)n1. The summed E-state index contributed by atoms with van der Waals surface area (Å²) in [5.74, 6) is 1.98. The lowest BCUT2D eigenvalue weighted by Gasteiger charge is -2.01. The molecule has 2 aromatic rings. The zero-order valence-electron chi connectivity index (χ0n) is 11.2. The van der Waals surface area contributed by atoms with Gasteiger partial charge in [0.1, 0.15) is 0 Å². The van der Waals surface area contributed by atoms with Crippen LogP contribution in [0.4, 0.5) is 0 Å². The van der Waals surface area contributed by atoms with E-state index in [1.165, 1.54) is 11.8 Å². The first-order valence-electron chi connectivity index (χ1n) is 6.30. The number of imidazole rings is 1. The molecule has 0 saturated heterocycles. The Morgan fingerprint density at radius 2 is 2.32 bits per heavy atom. The summed E-state index contributed by atoms with van der Waals surface area (Å²) in [5, 5.41) is 13.9. The third-order valence-corrected chi connectivity index (χ3v) is 3.82. The van der Waals surface area contributed by atoms with Crippen LogP contribution in [0.2, 0.25) is 0 Å². The van der Waals surface area contributed by atoms with Gasteiger partial charge in [0, 0.05) is 13.5 Å². The van der Waals surface area contributed by atoms with Crippen LogP contribution in [0.1, 0.15) is 37.2 Å². The number of aliphatic hydroxyl groups is 1. The van der Waals surface area contributed by atoms with Crippen molar-refractivity contribution in [2.45, 2.75) is 43.7 Å². The van der Waals surface area contributed by atoms with Crippen LogP contribution in [-0.2, 0) is 25.8 Å². The van der Waals surface area contributed by atoms with Crippen molar-refractivity contribution in [3.05, 3.63) is 23.6 Å². The lowest BCUT2D eigenvalue weighted by molar-refractivity contribution is 0.271. The van der Waals surface area contributed by atoms with Gasteiger partial charge >= 0.3 is 0 Å². The van der Waals surface area contributed by atoms with Crippen molar-refractivity contribution in [3.63, 3.8) is 0 Å². The molecule has 0 aliphatic rings. The Kier molecular flexibility index (Phi) is 4.98. The van der Waals surface area contributed by atoms with Crippen LogP contribution in [0.25, 0.3) is 0 Å². The van der Waals surface area contributed by atoms with E-state index in [0.717, 1.165) is 35.9 Å². The predicted molar refractivity (Wildman–Crippen MR) is 71.6 cm³/mol. The first-order chi connectivity index (χ1) is 9.24. The molecule has 0 atom stereocenters. The van der Waals surface area contributed by atoms with E-state index >= 15 is 0 Å². The molecule has 0 fully saturated rings. The first kappa shape index (κ1) is 14.1. The van der Waals surface area contributed by atoms with Crippen molar-refractivity contribution < 1.29 is 9.63 Å². The molecule has 0 spiro atoms. The average Bonchev–Trinajstić information content (AvgIpc) is 3.01. The summed E-state index contributed by atoms with van der Waals surface area (Å²) in [5.41, 5.74) is 0.789. The monoisotopic (exact) mass is 282 g/mol. The molecule has 0 aromatic carbocycles. The molecule has 0 amide bonds. The molecule has 0 bridgehead atoms. The molecule has 0 saturated carbocycles. The minimum Gasteiger partial charge on any atom is -0.390 e. The number of hydrogen-bond acceptors (Lipinski definition) is 6. The molecule has 2 rings (SSSR count). The van der Waals surface area contributed by atoms with Crippen LogP contribution < -0.4 is 0 Å². The summed E-state index contributed by atoms with van der Waals surface area (Å²) in [7, 11) is 1.88. The number of thioether (sulfide) groups is 1. The number of aromatic nitrogens is 4. The van der Waals surface area contributed by atoms with Crippen LogP contribution in [-0.4, -0.2) is 24.8 Å². The van der Waals surface area contributed by atoms with Crippen molar-refractivity contribution >= 4 is 11.8 Å². The third-order valence-electron chi connectivity index (χ3n) is 2.79. The van der Waals surface area contributed by atoms with Gasteiger partial charge in [-0.2, -0.15) is 4.98 Å². The Bertz CT molecular complexity index is 524. The molecule has 7 heteroatoms. The van der Waals surface area contributed by atoms with Gasteiger partial charge in [0.25, 0.3) is 0 Å². The second-order valence-corrected chi connectivity index (χ2v) is 5.19. The second-order valence-electron chi connectivity index (χ2n) is 4.25. The summed E-state index contributed by atoms with van der Waals surface area (Å²) < 4.78 is 7.05. The number of nitrogens with zero attached hydrogens (tertiary/aromatic N) is 4. The minimum absolute atomic E-state index is 0.00815. The molecule has 6 nitrogen and oxygen atoms in total. The molecule has 0 radical (unpaired) electrons. The predicted octanol–water partition coefficient (Wildman–Crippen LogP) is 1.93. The van der Waals surface area contributed by atoms with Gasteiger partial charge in [0.05, 0.1) is 24.3 Å². The van der Waals surface area contributed by atoms with Gasteiger partial charge in [-0.15, -0.1) is 0 Å². The Balaban J connectivity index is 1.91. The highest BCUT2D eigenvalue weighted by molar-refractivity contribution is 7.98. The van der Waals surface area contributed by atoms with E-state index in [4.69, 9.17) is 9.63 Å². The molecule has 0 unspecified atom stereocenters. The fraction of sp³-hybridized carbons (Fsp3) is 0.583. The maximum Gasteiger partial charge on any atom is 0.237 e. The summed E-state index contributed by atoms with van der Waals surface area (Å²) in [6.07, 6.45) is 4.73. The fourth-order valence-corrected chi connectivity index (χ4v) is 2.43. The largest absolute Gasteiger partial charge is 0.390 e. The quantitative estimate of drug-likeness (QED) is 0.782.